The van der Waals surface area contributed by atoms with Gasteiger partial charge in [-0.15, -0.1) is 11.8 Å². The van der Waals surface area contributed by atoms with Crippen LogP contribution in [0.3, 0.4) is 0 Å². The van der Waals surface area contributed by atoms with Gasteiger partial charge in [-0.1, -0.05) is 69.3 Å². The summed E-state index contributed by atoms with van der Waals surface area (Å²) in [6, 6.07) is 26.6. The van der Waals surface area contributed by atoms with Gasteiger partial charge >= 0.3 is 5.97 Å². The van der Waals surface area contributed by atoms with Crippen LogP contribution in [0.4, 0.5) is 0 Å². The Labute approximate surface area is 273 Å². The third-order valence-electron chi connectivity index (χ3n) is 7.88. The van der Waals surface area contributed by atoms with Crippen LogP contribution in [0, 0.1) is 5.41 Å². The zero-order chi connectivity index (χ0) is 32.5. The Kier molecular flexibility index (Phi) is 8.57. The number of ether oxygens (including phenoxy) is 1. The second-order valence-electron chi connectivity index (χ2n) is 13.2. The molecule has 234 valence electrons. The van der Waals surface area contributed by atoms with Crippen molar-refractivity contribution in [1.82, 2.24) is 19.5 Å². The topological polar surface area (TPSA) is 90.1 Å². The lowest BCUT2D eigenvalue weighted by atomic mass is 9.88. The fraction of sp³-hybridized carbons (Fsp3) is 0.263. The molecule has 4 aromatic heterocycles. The SMILES string of the molecule is CC(C)(C)Sc1c(CC(C)(C)C(=O)O)n(Cc2ccc(-c3ccncc3)cc2)c2ncc(OCc3ccc4ccccc4n3)cc12. The number of aliphatic carboxylic acids is 1. The van der Waals surface area contributed by atoms with Crippen molar-refractivity contribution >= 4 is 39.7 Å². The Morgan fingerprint density at radius 2 is 1.63 bits per heavy atom. The van der Waals surface area contributed by atoms with Crippen molar-refractivity contribution < 1.29 is 14.6 Å². The molecule has 0 bridgehead atoms. The number of carbonyl (C=O) groups is 1. The molecule has 0 aliphatic heterocycles. The van der Waals surface area contributed by atoms with Crippen LogP contribution < -0.4 is 4.74 Å². The highest BCUT2D eigenvalue weighted by molar-refractivity contribution is 8.00. The van der Waals surface area contributed by atoms with Crippen LogP contribution in [0.25, 0.3) is 33.1 Å². The Bertz CT molecular complexity index is 2010. The van der Waals surface area contributed by atoms with Crippen molar-refractivity contribution in [2.75, 3.05) is 0 Å². The predicted octanol–water partition coefficient (Wildman–Crippen LogP) is 8.82. The fourth-order valence-electron chi connectivity index (χ4n) is 5.44. The highest BCUT2D eigenvalue weighted by Crippen LogP contribution is 2.43. The maximum Gasteiger partial charge on any atom is 0.309 e. The summed E-state index contributed by atoms with van der Waals surface area (Å²) in [6.45, 7) is 10.9. The standard InChI is InChI=1S/C38H38N4O3S/c1-37(2,3)46-34-31-20-30(45-24-29-15-14-28-8-6-7-9-32(28)41-29)22-40-35(31)42(33(34)21-38(4,5)36(43)44)23-25-10-12-26(13-11-25)27-16-18-39-19-17-27/h6-20,22H,21,23-24H2,1-5H3,(H,43,44). The van der Waals surface area contributed by atoms with Crippen molar-refractivity contribution in [2.24, 2.45) is 5.41 Å². The lowest BCUT2D eigenvalue weighted by Crippen LogP contribution is -2.28. The lowest BCUT2D eigenvalue weighted by molar-refractivity contribution is -0.146. The van der Waals surface area contributed by atoms with E-state index in [1.165, 1.54) is 0 Å². The van der Waals surface area contributed by atoms with Gasteiger partial charge in [0.15, 0.2) is 0 Å². The summed E-state index contributed by atoms with van der Waals surface area (Å²) in [5.74, 6) is -0.196. The summed E-state index contributed by atoms with van der Waals surface area (Å²) in [6.07, 6.45) is 5.69. The minimum absolute atomic E-state index is 0.126. The molecule has 0 unspecified atom stereocenters. The monoisotopic (exact) mass is 630 g/mol. The number of pyridine rings is 3. The van der Waals surface area contributed by atoms with Crippen molar-refractivity contribution in [2.45, 2.75) is 63.8 Å². The smallest absolute Gasteiger partial charge is 0.309 e. The fourth-order valence-corrected chi connectivity index (χ4v) is 6.61. The molecule has 0 atom stereocenters. The van der Waals surface area contributed by atoms with Gasteiger partial charge in [0.05, 0.1) is 22.8 Å². The summed E-state index contributed by atoms with van der Waals surface area (Å²) >= 11 is 1.74. The molecule has 8 heteroatoms. The summed E-state index contributed by atoms with van der Waals surface area (Å²) < 4.78 is 8.31. The van der Waals surface area contributed by atoms with E-state index in [0.29, 0.717) is 25.3 Å². The Morgan fingerprint density at radius 1 is 0.913 bits per heavy atom. The lowest BCUT2D eigenvalue weighted by Gasteiger charge is -2.24. The summed E-state index contributed by atoms with van der Waals surface area (Å²) in [7, 11) is 0. The predicted molar refractivity (Wildman–Crippen MR) is 185 cm³/mol. The number of fused-ring (bicyclic) bond motifs is 2. The number of thioether (sulfide) groups is 1. The van der Waals surface area contributed by atoms with E-state index in [-0.39, 0.29) is 4.75 Å². The van der Waals surface area contributed by atoms with E-state index in [4.69, 9.17) is 14.7 Å². The third kappa shape index (κ3) is 6.92. The maximum atomic E-state index is 12.4. The number of hydrogen-bond donors (Lipinski definition) is 1. The molecule has 0 fully saturated rings. The zero-order valence-electron chi connectivity index (χ0n) is 26.8. The summed E-state index contributed by atoms with van der Waals surface area (Å²) in [4.78, 5) is 27.2. The molecule has 0 spiro atoms. The number of rotatable bonds is 10. The third-order valence-corrected chi connectivity index (χ3v) is 9.15. The largest absolute Gasteiger partial charge is 0.486 e. The van der Waals surface area contributed by atoms with Gasteiger partial charge in [0.2, 0.25) is 0 Å². The van der Waals surface area contributed by atoms with Gasteiger partial charge in [-0.25, -0.2) is 9.97 Å². The van der Waals surface area contributed by atoms with Gasteiger partial charge in [-0.05, 0) is 60.9 Å². The minimum atomic E-state index is -0.981. The average Bonchev–Trinajstić information content (AvgIpc) is 3.29. The van der Waals surface area contributed by atoms with E-state index in [2.05, 4.69) is 60.7 Å². The number of carboxylic acid groups (broad SMARTS) is 1. The summed E-state index contributed by atoms with van der Waals surface area (Å²) in [5.41, 5.74) is 5.86. The van der Waals surface area contributed by atoms with Crippen LogP contribution in [0.1, 0.15) is 51.6 Å². The Morgan fingerprint density at radius 3 is 2.35 bits per heavy atom. The van der Waals surface area contributed by atoms with Gasteiger partial charge in [0.25, 0.3) is 0 Å². The van der Waals surface area contributed by atoms with Crippen LogP contribution in [0.15, 0.2) is 102 Å². The minimum Gasteiger partial charge on any atom is -0.486 e. The van der Waals surface area contributed by atoms with E-state index in [1.54, 1.807) is 44.2 Å². The first-order valence-electron chi connectivity index (χ1n) is 15.4. The van der Waals surface area contributed by atoms with E-state index >= 15 is 0 Å². The van der Waals surface area contributed by atoms with Crippen LogP contribution in [0.2, 0.25) is 0 Å². The summed E-state index contributed by atoms with van der Waals surface area (Å²) in [5, 5.41) is 12.2. The molecule has 0 radical (unpaired) electrons. The molecule has 2 aromatic carbocycles. The molecule has 0 saturated heterocycles. The second-order valence-corrected chi connectivity index (χ2v) is 15.0. The van der Waals surface area contributed by atoms with Gasteiger partial charge in [0.1, 0.15) is 18.0 Å². The molecule has 0 amide bonds. The van der Waals surface area contributed by atoms with Crippen molar-refractivity contribution in [3.8, 4) is 16.9 Å². The molecular formula is C38H38N4O3S. The first-order chi connectivity index (χ1) is 22.0. The number of aromatic nitrogens is 4. The van der Waals surface area contributed by atoms with Crippen molar-refractivity contribution in [3.63, 3.8) is 0 Å². The first kappa shape index (κ1) is 31.3. The highest BCUT2D eigenvalue weighted by Gasteiger charge is 2.33. The van der Waals surface area contributed by atoms with Crippen LogP contribution in [-0.4, -0.2) is 35.3 Å². The van der Waals surface area contributed by atoms with Gasteiger partial charge in [-0.2, -0.15) is 0 Å². The quantitative estimate of drug-likeness (QED) is 0.151. The molecule has 4 heterocycles. The molecule has 7 nitrogen and oxygen atoms in total. The average molecular weight is 631 g/mol. The van der Waals surface area contributed by atoms with E-state index < -0.39 is 11.4 Å². The molecule has 0 saturated carbocycles. The van der Waals surface area contributed by atoms with E-state index in [1.807, 2.05) is 48.5 Å². The number of benzene rings is 2. The van der Waals surface area contributed by atoms with Gasteiger partial charge < -0.3 is 14.4 Å². The van der Waals surface area contributed by atoms with Crippen molar-refractivity contribution in [1.29, 1.82) is 0 Å². The molecule has 0 aliphatic rings. The highest BCUT2D eigenvalue weighted by atomic mass is 32.2. The molecular weight excluding hydrogens is 593 g/mol. The second kappa shape index (κ2) is 12.6. The van der Waals surface area contributed by atoms with Gasteiger partial charge in [-0.3, -0.25) is 9.78 Å². The first-order valence-corrected chi connectivity index (χ1v) is 16.2. The molecule has 6 rings (SSSR count). The number of nitrogens with zero attached hydrogens (tertiary/aromatic N) is 4. The number of hydrogen-bond acceptors (Lipinski definition) is 6. The van der Waals surface area contributed by atoms with Crippen LogP contribution in [-0.2, 0) is 24.4 Å². The molecule has 1 N–H and O–H groups in total. The van der Waals surface area contributed by atoms with E-state index in [9.17, 15) is 9.90 Å². The van der Waals surface area contributed by atoms with Gasteiger partial charge in [0, 0.05) is 51.5 Å². The maximum absolute atomic E-state index is 12.4. The van der Waals surface area contributed by atoms with Crippen LogP contribution >= 0.6 is 11.8 Å². The zero-order valence-corrected chi connectivity index (χ0v) is 27.6. The molecule has 6 aromatic rings. The normalized spacial score (nSPS) is 12.1. The number of carboxylic acids is 1. The van der Waals surface area contributed by atoms with E-state index in [0.717, 1.165) is 54.9 Å². The Hall–Kier alpha value is -4.69. The van der Waals surface area contributed by atoms with Crippen molar-refractivity contribution in [3.05, 3.63) is 114 Å². The Balaban J connectivity index is 1.40. The van der Waals surface area contributed by atoms with Crippen LogP contribution in [0.5, 0.6) is 5.75 Å². The molecule has 46 heavy (non-hydrogen) atoms. The number of para-hydroxylation sites is 1. The molecule has 0 aliphatic carbocycles.